The molecule has 4 nitrogen and oxygen atoms in total. The average molecular weight is 229 g/mol. The number of piperidine rings is 1. The van der Waals surface area contributed by atoms with Crippen LogP contribution in [0.2, 0.25) is 0 Å². The minimum Gasteiger partial charge on any atom is -0.393 e. The molecule has 0 saturated carbocycles. The van der Waals surface area contributed by atoms with E-state index in [1.165, 1.54) is 0 Å². The second-order valence-corrected chi connectivity index (χ2v) is 4.42. The number of ether oxygens (including phenoxy) is 1. The number of carbonyl (C=O) groups excluding carboxylic acids is 1. The van der Waals surface area contributed by atoms with Crippen LogP contribution in [0.5, 0.6) is 0 Å². The van der Waals surface area contributed by atoms with E-state index in [2.05, 4.69) is 6.92 Å². The first-order chi connectivity index (χ1) is 7.65. The molecule has 94 valence electrons. The topological polar surface area (TPSA) is 49.8 Å². The second kappa shape index (κ2) is 6.86. The predicted molar refractivity (Wildman–Crippen MR) is 62.1 cm³/mol. The summed E-state index contributed by atoms with van der Waals surface area (Å²) in [6, 6.07) is 0. The Hall–Kier alpha value is -0.610. The van der Waals surface area contributed by atoms with Gasteiger partial charge in [-0.1, -0.05) is 13.3 Å². The van der Waals surface area contributed by atoms with Gasteiger partial charge >= 0.3 is 0 Å². The number of likely N-dealkylation sites (tertiary alicyclic amines) is 1. The lowest BCUT2D eigenvalue weighted by molar-refractivity contribution is -0.144. The zero-order valence-electron chi connectivity index (χ0n) is 10.3. The second-order valence-electron chi connectivity index (χ2n) is 4.42. The van der Waals surface area contributed by atoms with Crippen LogP contribution in [0.25, 0.3) is 0 Å². The number of rotatable bonds is 5. The van der Waals surface area contributed by atoms with Crippen LogP contribution in [0.4, 0.5) is 0 Å². The molecular weight excluding hydrogens is 206 g/mol. The van der Waals surface area contributed by atoms with Crippen molar-refractivity contribution in [2.24, 2.45) is 0 Å². The highest BCUT2D eigenvalue weighted by Gasteiger charge is 2.25. The molecule has 1 aliphatic rings. The van der Waals surface area contributed by atoms with Gasteiger partial charge < -0.3 is 14.7 Å². The Morgan fingerprint density at radius 3 is 2.69 bits per heavy atom. The van der Waals surface area contributed by atoms with Crippen molar-refractivity contribution >= 4 is 5.91 Å². The largest absolute Gasteiger partial charge is 0.393 e. The van der Waals surface area contributed by atoms with Gasteiger partial charge in [0, 0.05) is 19.7 Å². The molecule has 1 amide bonds. The van der Waals surface area contributed by atoms with E-state index in [9.17, 15) is 9.90 Å². The molecule has 0 aromatic heterocycles. The Bertz CT molecular complexity index is 212. The minimum atomic E-state index is -0.346. The van der Waals surface area contributed by atoms with E-state index in [0.29, 0.717) is 32.5 Å². The summed E-state index contributed by atoms with van der Waals surface area (Å²) in [5.41, 5.74) is 0. The van der Waals surface area contributed by atoms with Gasteiger partial charge in [-0.05, 0) is 26.2 Å². The van der Waals surface area contributed by atoms with Crippen LogP contribution in [0.15, 0.2) is 0 Å². The van der Waals surface area contributed by atoms with Gasteiger partial charge in [-0.2, -0.15) is 0 Å². The third-order valence-electron chi connectivity index (χ3n) is 2.99. The molecule has 1 N–H and O–H groups in total. The molecule has 16 heavy (non-hydrogen) atoms. The molecule has 1 atom stereocenters. The molecule has 0 aliphatic carbocycles. The van der Waals surface area contributed by atoms with Crippen LogP contribution in [-0.4, -0.2) is 47.8 Å². The summed E-state index contributed by atoms with van der Waals surface area (Å²) in [5, 5.41) is 9.35. The summed E-state index contributed by atoms with van der Waals surface area (Å²) in [6.07, 6.45) is 2.87. The lowest BCUT2D eigenvalue weighted by Gasteiger charge is -2.31. The van der Waals surface area contributed by atoms with Crippen LogP contribution < -0.4 is 0 Å². The molecule has 1 heterocycles. The van der Waals surface area contributed by atoms with E-state index < -0.39 is 0 Å². The molecule has 1 fully saturated rings. The zero-order valence-corrected chi connectivity index (χ0v) is 10.3. The monoisotopic (exact) mass is 229 g/mol. The SMILES string of the molecule is CCCCOC(C)C(=O)N1CCC(O)CC1. The van der Waals surface area contributed by atoms with E-state index in [1.807, 2.05) is 6.92 Å². The summed E-state index contributed by atoms with van der Waals surface area (Å²) >= 11 is 0. The van der Waals surface area contributed by atoms with Crippen LogP contribution >= 0.6 is 0 Å². The van der Waals surface area contributed by atoms with E-state index in [-0.39, 0.29) is 18.1 Å². The number of unbranched alkanes of at least 4 members (excludes halogenated alkanes) is 1. The smallest absolute Gasteiger partial charge is 0.251 e. The van der Waals surface area contributed by atoms with Crippen molar-refractivity contribution in [3.63, 3.8) is 0 Å². The average Bonchev–Trinajstić information content (AvgIpc) is 2.29. The minimum absolute atomic E-state index is 0.0583. The fourth-order valence-corrected chi connectivity index (χ4v) is 1.82. The molecule has 0 bridgehead atoms. The summed E-state index contributed by atoms with van der Waals surface area (Å²) < 4.78 is 5.47. The highest BCUT2D eigenvalue weighted by Crippen LogP contribution is 2.12. The van der Waals surface area contributed by atoms with Gasteiger partial charge in [-0.15, -0.1) is 0 Å². The normalized spacial score (nSPS) is 19.8. The third-order valence-corrected chi connectivity index (χ3v) is 2.99. The van der Waals surface area contributed by atoms with E-state index >= 15 is 0 Å². The van der Waals surface area contributed by atoms with Gasteiger partial charge in [-0.25, -0.2) is 0 Å². The van der Waals surface area contributed by atoms with Crippen molar-refractivity contribution in [3.8, 4) is 0 Å². The van der Waals surface area contributed by atoms with Crippen molar-refractivity contribution in [1.29, 1.82) is 0 Å². The van der Waals surface area contributed by atoms with Crippen LogP contribution in [-0.2, 0) is 9.53 Å². The van der Waals surface area contributed by atoms with Gasteiger partial charge in [0.15, 0.2) is 0 Å². The van der Waals surface area contributed by atoms with Gasteiger partial charge in [0.2, 0.25) is 0 Å². The zero-order chi connectivity index (χ0) is 12.0. The predicted octanol–water partition coefficient (Wildman–Crippen LogP) is 1.17. The van der Waals surface area contributed by atoms with Crippen LogP contribution in [0, 0.1) is 0 Å². The van der Waals surface area contributed by atoms with E-state index in [0.717, 1.165) is 12.8 Å². The highest BCUT2D eigenvalue weighted by molar-refractivity contribution is 5.80. The highest BCUT2D eigenvalue weighted by atomic mass is 16.5. The number of amides is 1. The Morgan fingerprint density at radius 2 is 2.12 bits per heavy atom. The first-order valence-corrected chi connectivity index (χ1v) is 6.23. The Morgan fingerprint density at radius 1 is 1.50 bits per heavy atom. The van der Waals surface area contributed by atoms with Crippen molar-refractivity contribution in [1.82, 2.24) is 4.90 Å². The third kappa shape index (κ3) is 4.10. The molecule has 0 aromatic rings. The summed E-state index contributed by atoms with van der Waals surface area (Å²) in [7, 11) is 0. The van der Waals surface area contributed by atoms with Gasteiger partial charge in [0.25, 0.3) is 5.91 Å². The molecule has 4 heteroatoms. The fraction of sp³-hybridized carbons (Fsp3) is 0.917. The maximum absolute atomic E-state index is 11.9. The van der Waals surface area contributed by atoms with E-state index in [1.54, 1.807) is 4.90 Å². The first-order valence-electron chi connectivity index (χ1n) is 6.23. The van der Waals surface area contributed by atoms with Crippen molar-refractivity contribution in [2.75, 3.05) is 19.7 Å². The molecule has 0 radical (unpaired) electrons. The maximum Gasteiger partial charge on any atom is 0.251 e. The number of hydrogen-bond acceptors (Lipinski definition) is 3. The van der Waals surface area contributed by atoms with E-state index in [4.69, 9.17) is 4.74 Å². The molecule has 1 aliphatic heterocycles. The maximum atomic E-state index is 11.9. The first kappa shape index (κ1) is 13.5. The molecule has 1 rings (SSSR count). The quantitative estimate of drug-likeness (QED) is 0.720. The summed E-state index contributed by atoms with van der Waals surface area (Å²) in [4.78, 5) is 13.7. The van der Waals surface area contributed by atoms with Gasteiger partial charge in [0.05, 0.1) is 6.10 Å². The van der Waals surface area contributed by atoms with Crippen molar-refractivity contribution in [3.05, 3.63) is 0 Å². The lowest BCUT2D eigenvalue weighted by Crippen LogP contribution is -2.44. The van der Waals surface area contributed by atoms with Gasteiger partial charge in [0.1, 0.15) is 6.10 Å². The summed E-state index contributed by atoms with van der Waals surface area (Å²) in [5.74, 6) is 0.0583. The molecular formula is C12H23NO3. The van der Waals surface area contributed by atoms with Crippen LogP contribution in [0.1, 0.15) is 39.5 Å². The molecule has 0 aromatic carbocycles. The fourth-order valence-electron chi connectivity index (χ4n) is 1.82. The number of nitrogens with zero attached hydrogens (tertiary/aromatic N) is 1. The number of hydrogen-bond donors (Lipinski definition) is 1. The molecule has 1 saturated heterocycles. The van der Waals surface area contributed by atoms with Gasteiger partial charge in [-0.3, -0.25) is 4.79 Å². The number of aliphatic hydroxyl groups is 1. The molecule has 0 spiro atoms. The van der Waals surface area contributed by atoms with Crippen molar-refractivity contribution in [2.45, 2.75) is 51.7 Å². The van der Waals surface area contributed by atoms with Crippen molar-refractivity contribution < 1.29 is 14.6 Å². The summed E-state index contributed by atoms with van der Waals surface area (Å²) in [6.45, 7) is 5.87. The standard InChI is InChI=1S/C12H23NO3/c1-3-4-9-16-10(2)12(15)13-7-5-11(14)6-8-13/h10-11,14H,3-9H2,1-2H3. The Balaban J connectivity index is 2.27. The van der Waals surface area contributed by atoms with Crippen LogP contribution in [0.3, 0.4) is 0 Å². The Labute approximate surface area is 97.6 Å². The number of carbonyl (C=O) groups is 1. The Kier molecular flexibility index (Phi) is 5.77. The number of aliphatic hydroxyl groups excluding tert-OH is 1. The lowest BCUT2D eigenvalue weighted by atomic mass is 10.1. The molecule has 1 unspecified atom stereocenters.